The number of imide groups is 1. The number of carbonyl (C=O) groups is 3. The van der Waals surface area contributed by atoms with E-state index in [0.29, 0.717) is 26.0 Å². The molecule has 7 nitrogen and oxygen atoms in total. The molecule has 0 bridgehead atoms. The van der Waals surface area contributed by atoms with Crippen LogP contribution in [0.5, 0.6) is 0 Å². The summed E-state index contributed by atoms with van der Waals surface area (Å²) in [5.41, 5.74) is 0. The molecule has 0 radical (unpaired) electrons. The number of carbonyl (C=O) groups excluding carboxylic acids is 2. The summed E-state index contributed by atoms with van der Waals surface area (Å²) in [6.45, 7) is 1.23. The summed E-state index contributed by atoms with van der Waals surface area (Å²) in [5.74, 6) is -1.26. The van der Waals surface area contributed by atoms with Gasteiger partial charge in [-0.15, -0.1) is 0 Å². The lowest BCUT2D eigenvalue weighted by Gasteiger charge is -2.06. The van der Waals surface area contributed by atoms with E-state index in [1.165, 1.54) is 0 Å². The van der Waals surface area contributed by atoms with E-state index in [1.807, 2.05) is 0 Å². The molecule has 20 heavy (non-hydrogen) atoms. The van der Waals surface area contributed by atoms with Gasteiger partial charge in [-0.1, -0.05) is 0 Å². The van der Waals surface area contributed by atoms with Crippen molar-refractivity contribution in [2.24, 2.45) is 0 Å². The summed E-state index contributed by atoms with van der Waals surface area (Å²) < 4.78 is 4.90. The number of amides is 3. The van der Waals surface area contributed by atoms with Crippen molar-refractivity contribution in [3.05, 3.63) is 0 Å². The van der Waals surface area contributed by atoms with E-state index in [4.69, 9.17) is 9.84 Å². The van der Waals surface area contributed by atoms with E-state index in [0.717, 1.165) is 19.3 Å². The number of hydrogen-bond acceptors (Lipinski definition) is 4. The first kappa shape index (κ1) is 18.4. The zero-order chi connectivity index (χ0) is 15.2. The van der Waals surface area contributed by atoms with E-state index in [-0.39, 0.29) is 18.7 Å². The van der Waals surface area contributed by atoms with Gasteiger partial charge in [-0.25, -0.2) is 4.79 Å². The molecule has 0 aromatic carbocycles. The molecule has 0 saturated heterocycles. The maximum atomic E-state index is 11.3. The van der Waals surface area contributed by atoms with Gasteiger partial charge >= 0.3 is 12.0 Å². The van der Waals surface area contributed by atoms with Gasteiger partial charge in [-0.2, -0.15) is 0 Å². The second-order valence-corrected chi connectivity index (χ2v) is 4.46. The number of carboxylic acid groups (broad SMARTS) is 1. The van der Waals surface area contributed by atoms with E-state index in [2.05, 4.69) is 10.6 Å². The van der Waals surface area contributed by atoms with Crippen LogP contribution < -0.4 is 10.6 Å². The van der Waals surface area contributed by atoms with Crippen LogP contribution in [0, 0.1) is 0 Å². The van der Waals surface area contributed by atoms with Crippen LogP contribution in [0.25, 0.3) is 0 Å². The van der Waals surface area contributed by atoms with E-state index < -0.39 is 12.0 Å². The van der Waals surface area contributed by atoms with Gasteiger partial charge in [0.15, 0.2) is 0 Å². The Morgan fingerprint density at radius 3 is 2.35 bits per heavy atom. The van der Waals surface area contributed by atoms with Crippen LogP contribution in [0.15, 0.2) is 0 Å². The third-order valence-electron chi connectivity index (χ3n) is 2.61. The summed E-state index contributed by atoms with van der Waals surface area (Å²) in [4.78, 5) is 32.9. The number of aliphatic carboxylic acids is 1. The van der Waals surface area contributed by atoms with Gasteiger partial charge in [0, 0.05) is 33.1 Å². The predicted molar refractivity (Wildman–Crippen MR) is 73.4 cm³/mol. The minimum Gasteiger partial charge on any atom is -0.481 e. The first-order valence-corrected chi connectivity index (χ1v) is 6.84. The number of methoxy groups -OCH3 is 1. The first-order chi connectivity index (χ1) is 9.56. The lowest BCUT2D eigenvalue weighted by Crippen LogP contribution is -2.39. The largest absolute Gasteiger partial charge is 0.481 e. The summed E-state index contributed by atoms with van der Waals surface area (Å²) >= 11 is 0. The summed E-state index contributed by atoms with van der Waals surface area (Å²) in [7, 11) is 1.65. The highest BCUT2D eigenvalue weighted by Gasteiger charge is 2.07. The van der Waals surface area contributed by atoms with Crippen molar-refractivity contribution >= 4 is 17.9 Å². The molecule has 0 aliphatic rings. The molecule has 116 valence electrons. The van der Waals surface area contributed by atoms with Crippen LogP contribution >= 0.6 is 0 Å². The predicted octanol–water partition coefficient (Wildman–Crippen LogP) is 1.27. The summed E-state index contributed by atoms with van der Waals surface area (Å²) in [6.07, 6.45) is 3.84. The second-order valence-electron chi connectivity index (χ2n) is 4.46. The molecule has 0 atom stereocenters. The Morgan fingerprint density at radius 1 is 1.00 bits per heavy atom. The molecule has 0 spiro atoms. The second kappa shape index (κ2) is 12.4. The quantitative estimate of drug-likeness (QED) is 0.497. The van der Waals surface area contributed by atoms with Crippen LogP contribution in [0.1, 0.15) is 44.9 Å². The monoisotopic (exact) mass is 288 g/mol. The zero-order valence-corrected chi connectivity index (χ0v) is 11.9. The number of rotatable bonds is 11. The average Bonchev–Trinajstić information content (AvgIpc) is 2.38. The number of ether oxygens (including phenoxy) is 1. The smallest absolute Gasteiger partial charge is 0.321 e. The number of carboxylic acids is 1. The Bertz CT molecular complexity index is 307. The third-order valence-corrected chi connectivity index (χ3v) is 2.61. The lowest BCUT2D eigenvalue weighted by molar-refractivity contribution is -0.137. The van der Waals surface area contributed by atoms with Gasteiger partial charge < -0.3 is 15.2 Å². The summed E-state index contributed by atoms with van der Waals surface area (Å²) in [6, 6.07) is -0.500. The fourth-order valence-corrected chi connectivity index (χ4v) is 1.55. The van der Waals surface area contributed by atoms with Gasteiger partial charge in [0.25, 0.3) is 0 Å². The maximum absolute atomic E-state index is 11.3. The highest BCUT2D eigenvalue weighted by atomic mass is 16.5. The zero-order valence-electron chi connectivity index (χ0n) is 11.9. The van der Waals surface area contributed by atoms with Crippen LogP contribution in [-0.4, -0.2) is 43.3 Å². The summed E-state index contributed by atoms with van der Waals surface area (Å²) in [5, 5.41) is 13.2. The maximum Gasteiger partial charge on any atom is 0.321 e. The number of urea groups is 1. The molecule has 3 N–H and O–H groups in total. The Balaban J connectivity index is 3.45. The van der Waals surface area contributed by atoms with Crippen LogP contribution in [0.3, 0.4) is 0 Å². The highest BCUT2D eigenvalue weighted by Crippen LogP contribution is 1.99. The normalized spacial score (nSPS) is 10.1. The Labute approximate surface area is 119 Å². The van der Waals surface area contributed by atoms with E-state index in [9.17, 15) is 14.4 Å². The molecule has 0 aliphatic carbocycles. The van der Waals surface area contributed by atoms with Crippen LogP contribution in [-0.2, 0) is 14.3 Å². The highest BCUT2D eigenvalue weighted by molar-refractivity contribution is 5.94. The average molecular weight is 288 g/mol. The molecule has 0 aliphatic heterocycles. The fraction of sp³-hybridized carbons (Fsp3) is 0.769. The minimum absolute atomic E-state index is 0.0426. The van der Waals surface area contributed by atoms with Gasteiger partial charge in [0.05, 0.1) is 0 Å². The SMILES string of the molecule is COCCCCCNC(=O)NC(=O)CCCCC(=O)O. The van der Waals surface area contributed by atoms with Crippen LogP contribution in [0.2, 0.25) is 0 Å². The molecule has 0 aromatic rings. The first-order valence-electron chi connectivity index (χ1n) is 6.84. The van der Waals surface area contributed by atoms with Crippen molar-refractivity contribution in [1.82, 2.24) is 10.6 Å². The molecular weight excluding hydrogens is 264 g/mol. The number of unbranched alkanes of at least 4 members (excludes halogenated alkanes) is 3. The van der Waals surface area contributed by atoms with Gasteiger partial charge in [0.1, 0.15) is 0 Å². The minimum atomic E-state index is -0.878. The van der Waals surface area contributed by atoms with Gasteiger partial charge in [-0.05, 0) is 32.1 Å². The molecule has 0 aromatic heterocycles. The van der Waals surface area contributed by atoms with Crippen molar-refractivity contribution in [3.63, 3.8) is 0 Å². The molecule has 0 heterocycles. The molecule has 0 unspecified atom stereocenters. The molecule has 0 fully saturated rings. The topological polar surface area (TPSA) is 105 Å². The lowest BCUT2D eigenvalue weighted by atomic mass is 10.2. The van der Waals surface area contributed by atoms with E-state index >= 15 is 0 Å². The Hall–Kier alpha value is -1.63. The van der Waals surface area contributed by atoms with Crippen molar-refractivity contribution < 1.29 is 24.2 Å². The number of hydrogen-bond donors (Lipinski definition) is 3. The third kappa shape index (κ3) is 12.8. The van der Waals surface area contributed by atoms with Crippen LogP contribution in [0.4, 0.5) is 4.79 Å². The van der Waals surface area contributed by atoms with E-state index in [1.54, 1.807) is 7.11 Å². The Kier molecular flexibility index (Phi) is 11.4. The molecular formula is C13H24N2O5. The number of nitrogens with one attached hydrogen (secondary N) is 2. The molecule has 3 amide bonds. The standard InChI is InChI=1S/C13H24N2O5/c1-20-10-6-2-5-9-14-13(19)15-11(16)7-3-4-8-12(17)18/h2-10H2,1H3,(H,17,18)(H2,14,15,16,19). The van der Waals surface area contributed by atoms with Gasteiger partial charge in [0.2, 0.25) is 5.91 Å². The fourth-order valence-electron chi connectivity index (χ4n) is 1.55. The molecule has 7 heteroatoms. The molecule has 0 rings (SSSR count). The van der Waals surface area contributed by atoms with Gasteiger partial charge in [-0.3, -0.25) is 14.9 Å². The van der Waals surface area contributed by atoms with Crippen molar-refractivity contribution in [2.45, 2.75) is 44.9 Å². The Morgan fingerprint density at radius 2 is 1.70 bits per heavy atom. The van der Waals surface area contributed by atoms with Crippen molar-refractivity contribution in [3.8, 4) is 0 Å². The molecule has 0 saturated carbocycles. The van der Waals surface area contributed by atoms with Crippen molar-refractivity contribution in [2.75, 3.05) is 20.3 Å². The van der Waals surface area contributed by atoms with Crippen molar-refractivity contribution in [1.29, 1.82) is 0 Å².